The molecule has 0 bridgehead atoms. The largest absolute Gasteiger partial charge is 0.486 e. The summed E-state index contributed by atoms with van der Waals surface area (Å²) in [7, 11) is -3.86. The maximum atomic E-state index is 13.8. The van der Waals surface area contributed by atoms with Gasteiger partial charge in [-0.15, -0.1) is 0 Å². The Balaban J connectivity index is 1.21. The molecule has 250 valence electrons. The summed E-state index contributed by atoms with van der Waals surface area (Å²) in [5, 5.41) is 5.74. The van der Waals surface area contributed by atoms with Crippen molar-refractivity contribution in [2.45, 2.75) is 48.1 Å². The van der Waals surface area contributed by atoms with Crippen LogP contribution in [0.1, 0.15) is 24.5 Å². The summed E-state index contributed by atoms with van der Waals surface area (Å²) in [5.41, 5.74) is 1.71. The van der Waals surface area contributed by atoms with Crippen LogP contribution in [0, 0.1) is 0 Å². The van der Waals surface area contributed by atoms with Gasteiger partial charge in [0.25, 0.3) is 5.91 Å². The highest BCUT2D eigenvalue weighted by atomic mass is 35.5. The number of carbonyl (C=O) groups is 3. The van der Waals surface area contributed by atoms with Crippen LogP contribution < -0.4 is 24.8 Å². The lowest BCUT2D eigenvalue weighted by Gasteiger charge is -2.35. The van der Waals surface area contributed by atoms with Crippen LogP contribution in [0.3, 0.4) is 0 Å². The fourth-order valence-corrected chi connectivity index (χ4v) is 7.72. The van der Waals surface area contributed by atoms with Crippen LogP contribution in [-0.4, -0.2) is 75.3 Å². The van der Waals surface area contributed by atoms with Crippen molar-refractivity contribution in [3.63, 3.8) is 0 Å². The van der Waals surface area contributed by atoms with Gasteiger partial charge in [-0.1, -0.05) is 60.5 Å². The number of carbonyl (C=O) groups excluding carboxylic acids is 3. The molecule has 1 unspecified atom stereocenters. The SMILES string of the molecule is CCN1Sc2cc3c(cc2CC1C(=O)N[C@@H](Cc1ccccc1)C(=O)C(=O)NCCCNS(=O)(=O)c1ccc(Cl)c(Cl)c1)OCCO3. The summed E-state index contributed by atoms with van der Waals surface area (Å²) in [6.07, 6.45) is 0.705. The zero-order valence-electron chi connectivity index (χ0n) is 25.5. The minimum atomic E-state index is -3.86. The Morgan fingerprint density at radius 2 is 1.70 bits per heavy atom. The molecule has 0 spiro atoms. The van der Waals surface area contributed by atoms with Crippen molar-refractivity contribution in [1.29, 1.82) is 0 Å². The fraction of sp³-hybridized carbons (Fsp3) is 0.344. The van der Waals surface area contributed by atoms with Crippen LogP contribution in [0.25, 0.3) is 0 Å². The highest BCUT2D eigenvalue weighted by Gasteiger charge is 2.36. The zero-order valence-corrected chi connectivity index (χ0v) is 28.6. The molecular formula is C32H34Cl2N4O7S2. The fourth-order valence-electron chi connectivity index (χ4n) is 5.16. The van der Waals surface area contributed by atoms with Gasteiger partial charge < -0.3 is 20.1 Å². The lowest BCUT2D eigenvalue weighted by Crippen LogP contribution is -2.54. The molecule has 3 aromatic carbocycles. The van der Waals surface area contributed by atoms with E-state index in [-0.39, 0.29) is 46.8 Å². The van der Waals surface area contributed by atoms with E-state index in [1.165, 1.54) is 30.1 Å². The number of halogens is 2. The van der Waals surface area contributed by atoms with Crippen molar-refractivity contribution in [3.05, 3.63) is 81.8 Å². The average Bonchev–Trinajstić information content (AvgIpc) is 3.07. The van der Waals surface area contributed by atoms with Crippen LogP contribution in [0.5, 0.6) is 11.5 Å². The first-order valence-corrected chi connectivity index (χ1v) is 18.0. The van der Waals surface area contributed by atoms with Gasteiger partial charge in [-0.25, -0.2) is 17.4 Å². The summed E-state index contributed by atoms with van der Waals surface area (Å²) in [5.74, 6) is -0.748. The molecule has 0 fully saturated rings. The maximum absolute atomic E-state index is 13.8. The molecule has 15 heteroatoms. The molecule has 2 aliphatic rings. The summed E-state index contributed by atoms with van der Waals surface area (Å²) in [6.45, 7) is 3.45. The predicted molar refractivity (Wildman–Crippen MR) is 180 cm³/mol. The minimum Gasteiger partial charge on any atom is -0.486 e. The van der Waals surface area contributed by atoms with Crippen molar-refractivity contribution in [2.75, 3.05) is 32.8 Å². The Bertz CT molecular complexity index is 1740. The monoisotopic (exact) mass is 720 g/mol. The molecule has 2 atom stereocenters. The number of nitrogens with one attached hydrogen (secondary N) is 3. The highest BCUT2D eigenvalue weighted by Crippen LogP contribution is 2.42. The van der Waals surface area contributed by atoms with Gasteiger partial charge in [0.05, 0.1) is 14.9 Å². The molecule has 2 amide bonds. The van der Waals surface area contributed by atoms with Gasteiger partial charge in [-0.3, -0.25) is 14.4 Å². The Hall–Kier alpha value is -3.33. The maximum Gasteiger partial charge on any atom is 0.289 e. The van der Waals surface area contributed by atoms with Crippen molar-refractivity contribution >= 4 is 62.8 Å². The normalized spacial score (nSPS) is 16.5. The Kier molecular flexibility index (Phi) is 11.7. The molecule has 3 aromatic rings. The van der Waals surface area contributed by atoms with Gasteiger partial charge in [0.2, 0.25) is 21.7 Å². The number of hydrogen-bond donors (Lipinski definition) is 3. The number of likely N-dealkylation sites (N-methyl/N-ethyl adjacent to an activating group) is 1. The third-order valence-electron chi connectivity index (χ3n) is 7.59. The van der Waals surface area contributed by atoms with Gasteiger partial charge in [-0.05, 0) is 66.2 Å². The second-order valence-electron chi connectivity index (χ2n) is 10.8. The van der Waals surface area contributed by atoms with Crippen LogP contribution in [-0.2, 0) is 37.2 Å². The number of nitrogens with zero attached hydrogens (tertiary/aromatic N) is 1. The molecule has 0 saturated heterocycles. The summed E-state index contributed by atoms with van der Waals surface area (Å²) in [6, 6.07) is 15.2. The second kappa shape index (κ2) is 15.7. The van der Waals surface area contributed by atoms with Crippen LogP contribution in [0.2, 0.25) is 10.0 Å². The van der Waals surface area contributed by atoms with E-state index in [0.717, 1.165) is 16.0 Å². The second-order valence-corrected chi connectivity index (χ2v) is 14.5. The highest BCUT2D eigenvalue weighted by molar-refractivity contribution is 7.97. The van der Waals surface area contributed by atoms with Crippen LogP contribution in [0.15, 0.2) is 70.5 Å². The molecule has 2 aliphatic heterocycles. The number of hydrogen-bond acceptors (Lipinski definition) is 9. The van der Waals surface area contributed by atoms with Gasteiger partial charge in [0, 0.05) is 31.0 Å². The lowest BCUT2D eigenvalue weighted by atomic mass is 9.99. The number of Topliss-reactive ketones (excluding diaryl/α,β-unsaturated/α-hetero) is 1. The van der Waals surface area contributed by atoms with Crippen molar-refractivity contribution in [1.82, 2.24) is 19.7 Å². The molecule has 5 rings (SSSR count). The Morgan fingerprint density at radius 3 is 2.40 bits per heavy atom. The van der Waals surface area contributed by atoms with E-state index in [4.69, 9.17) is 32.7 Å². The summed E-state index contributed by atoms with van der Waals surface area (Å²) in [4.78, 5) is 41.1. The number of rotatable bonds is 13. The third kappa shape index (κ3) is 8.78. The number of amides is 2. The topological polar surface area (TPSA) is 143 Å². The molecule has 0 radical (unpaired) electrons. The molecule has 11 nitrogen and oxygen atoms in total. The average molecular weight is 722 g/mol. The van der Waals surface area contributed by atoms with Crippen molar-refractivity contribution < 1.29 is 32.3 Å². The summed E-state index contributed by atoms with van der Waals surface area (Å²) < 4.78 is 41.0. The number of ketones is 1. The van der Waals surface area contributed by atoms with Crippen molar-refractivity contribution in [3.8, 4) is 11.5 Å². The standard InChI is InChI=1S/C32H34Cl2N4O7S2/c1-2-38-26(16-21-17-27-28(19-29(21)46-38)45-14-13-44-27)31(40)37-25(15-20-7-4-3-5-8-20)30(39)32(41)35-11-6-12-36-47(42,43)22-9-10-23(33)24(34)18-22/h3-5,7-10,17-19,25-26,36H,2,6,11-16H2,1H3,(H,35,41)(H,37,40)/t25-,26?/m0/s1. The molecule has 0 aliphatic carbocycles. The number of sulfonamides is 1. The van der Waals surface area contributed by atoms with E-state index < -0.39 is 33.8 Å². The number of ether oxygens (including phenoxy) is 2. The smallest absolute Gasteiger partial charge is 0.289 e. The number of benzene rings is 3. The Morgan fingerprint density at radius 1 is 0.979 bits per heavy atom. The first kappa shape index (κ1) is 35.0. The van der Waals surface area contributed by atoms with Gasteiger partial charge in [-0.2, -0.15) is 0 Å². The first-order chi connectivity index (χ1) is 22.6. The zero-order chi connectivity index (χ0) is 33.6. The van der Waals surface area contributed by atoms with Crippen LogP contribution >= 0.6 is 35.1 Å². The van der Waals surface area contributed by atoms with E-state index in [9.17, 15) is 22.8 Å². The van der Waals surface area contributed by atoms with Gasteiger partial charge in [0.1, 0.15) is 25.3 Å². The molecule has 0 aromatic heterocycles. The molecule has 0 saturated carbocycles. The van der Waals surface area contributed by atoms with E-state index >= 15 is 0 Å². The molecular weight excluding hydrogens is 687 g/mol. The van der Waals surface area contributed by atoms with Gasteiger partial charge in [0.15, 0.2) is 11.5 Å². The molecule has 47 heavy (non-hydrogen) atoms. The predicted octanol–water partition coefficient (Wildman–Crippen LogP) is 3.80. The van der Waals surface area contributed by atoms with Gasteiger partial charge >= 0.3 is 0 Å². The van der Waals surface area contributed by atoms with E-state index in [1.807, 2.05) is 53.7 Å². The van der Waals surface area contributed by atoms with E-state index in [2.05, 4.69) is 15.4 Å². The van der Waals surface area contributed by atoms with E-state index in [0.29, 0.717) is 37.7 Å². The van der Waals surface area contributed by atoms with Crippen LogP contribution in [0.4, 0.5) is 0 Å². The lowest BCUT2D eigenvalue weighted by molar-refractivity contribution is -0.140. The summed E-state index contributed by atoms with van der Waals surface area (Å²) >= 11 is 13.2. The van der Waals surface area contributed by atoms with E-state index in [1.54, 1.807) is 0 Å². The first-order valence-electron chi connectivity index (χ1n) is 15.0. The minimum absolute atomic E-state index is 0.00469. The Labute approximate surface area is 287 Å². The van der Waals surface area contributed by atoms with Crippen molar-refractivity contribution in [2.24, 2.45) is 0 Å². The number of fused-ring (bicyclic) bond motifs is 2. The quantitative estimate of drug-likeness (QED) is 0.137. The third-order valence-corrected chi connectivity index (χ3v) is 11.1. The molecule has 2 heterocycles. The molecule has 3 N–H and O–H groups in total.